The number of hydrogen-bond donors (Lipinski definition) is 3. The molecular formula is C23H26N2O6S. The van der Waals surface area contributed by atoms with Gasteiger partial charge in [0, 0.05) is 5.56 Å². The molecule has 2 aromatic carbocycles. The molecule has 0 aromatic heterocycles. The fourth-order valence-corrected chi connectivity index (χ4v) is 3.16. The van der Waals surface area contributed by atoms with E-state index in [-0.39, 0.29) is 12.1 Å². The van der Waals surface area contributed by atoms with Gasteiger partial charge in [0.05, 0.1) is 14.2 Å². The van der Waals surface area contributed by atoms with Gasteiger partial charge in [-0.15, -0.1) is 0 Å². The van der Waals surface area contributed by atoms with Gasteiger partial charge in [-0.1, -0.05) is 12.1 Å². The van der Waals surface area contributed by atoms with Gasteiger partial charge < -0.3 is 25.2 Å². The molecule has 3 N–H and O–H groups in total. The number of aliphatic carboxylic acids is 1. The Labute approximate surface area is 191 Å². The molecule has 0 aliphatic rings. The zero-order valence-corrected chi connectivity index (χ0v) is 18.9. The lowest BCUT2D eigenvalue weighted by Crippen LogP contribution is -2.44. The molecular weight excluding hydrogens is 432 g/mol. The Bertz CT molecular complexity index is 957. The molecule has 1 atom stereocenters. The van der Waals surface area contributed by atoms with Gasteiger partial charge in [-0.3, -0.25) is 9.59 Å². The van der Waals surface area contributed by atoms with E-state index in [1.807, 2.05) is 6.26 Å². The maximum atomic E-state index is 12.9. The zero-order chi connectivity index (χ0) is 23.5. The molecule has 0 radical (unpaired) electrons. The van der Waals surface area contributed by atoms with Crippen molar-refractivity contribution in [3.63, 3.8) is 0 Å². The third kappa shape index (κ3) is 7.35. The van der Waals surface area contributed by atoms with Crippen LogP contribution >= 0.6 is 11.8 Å². The summed E-state index contributed by atoms with van der Waals surface area (Å²) in [5.41, 5.74) is 0.866. The van der Waals surface area contributed by atoms with Crippen LogP contribution in [0.3, 0.4) is 0 Å². The summed E-state index contributed by atoms with van der Waals surface area (Å²) >= 11 is 1.48. The molecule has 0 heterocycles. The van der Waals surface area contributed by atoms with Gasteiger partial charge in [-0.25, -0.2) is 4.79 Å². The molecule has 0 unspecified atom stereocenters. The van der Waals surface area contributed by atoms with Crippen LogP contribution < -0.4 is 20.1 Å². The van der Waals surface area contributed by atoms with E-state index in [2.05, 4.69) is 10.6 Å². The van der Waals surface area contributed by atoms with Crippen LogP contribution in [0.25, 0.3) is 6.08 Å². The maximum absolute atomic E-state index is 12.9. The molecule has 2 amide bonds. The summed E-state index contributed by atoms with van der Waals surface area (Å²) in [7, 11) is 3.06. The van der Waals surface area contributed by atoms with E-state index in [1.165, 1.54) is 24.9 Å². The number of carbonyl (C=O) groups is 3. The number of hydrogen-bond acceptors (Lipinski definition) is 6. The predicted molar refractivity (Wildman–Crippen MR) is 124 cm³/mol. The largest absolute Gasteiger partial charge is 0.497 e. The van der Waals surface area contributed by atoms with E-state index in [4.69, 9.17) is 9.47 Å². The van der Waals surface area contributed by atoms with Crippen LogP contribution in [0.15, 0.2) is 54.2 Å². The molecule has 0 aliphatic heterocycles. The number of ether oxygens (including phenoxy) is 2. The van der Waals surface area contributed by atoms with Gasteiger partial charge in [0.15, 0.2) is 0 Å². The molecule has 0 saturated carbocycles. The first kappa shape index (κ1) is 24.8. The van der Waals surface area contributed by atoms with E-state index in [1.54, 1.807) is 55.6 Å². The van der Waals surface area contributed by atoms with Crippen LogP contribution in [0, 0.1) is 0 Å². The number of carboxylic acids is 1. The Kier molecular flexibility index (Phi) is 9.62. The number of methoxy groups -OCH3 is 2. The average Bonchev–Trinajstić information content (AvgIpc) is 2.81. The fourth-order valence-electron chi connectivity index (χ4n) is 2.69. The van der Waals surface area contributed by atoms with Crippen molar-refractivity contribution in [2.45, 2.75) is 12.5 Å². The third-order valence-corrected chi connectivity index (χ3v) is 5.13. The first-order valence-corrected chi connectivity index (χ1v) is 11.1. The van der Waals surface area contributed by atoms with Gasteiger partial charge >= 0.3 is 5.97 Å². The average molecular weight is 459 g/mol. The van der Waals surface area contributed by atoms with E-state index < -0.39 is 23.8 Å². The molecule has 170 valence electrons. The predicted octanol–water partition coefficient (Wildman–Crippen LogP) is 2.80. The smallest absolute Gasteiger partial charge is 0.326 e. The summed E-state index contributed by atoms with van der Waals surface area (Å²) < 4.78 is 10.2. The molecule has 0 bridgehead atoms. The van der Waals surface area contributed by atoms with Crippen LogP contribution in [0.5, 0.6) is 11.5 Å². The standard InChI is InChI=1S/C23H26N2O6S/c1-30-17-8-4-15(5-9-17)14-20(22(27)24-19(23(28)29)12-13-32-3)25-21(26)16-6-10-18(31-2)11-7-16/h4-11,14,19H,12-13H2,1-3H3,(H,24,27)(H,25,26)(H,28,29)/b20-14+/t19-/m1/s1. The zero-order valence-electron chi connectivity index (χ0n) is 18.1. The first-order valence-electron chi connectivity index (χ1n) is 9.71. The van der Waals surface area contributed by atoms with Gasteiger partial charge in [0.1, 0.15) is 23.2 Å². The number of benzene rings is 2. The minimum absolute atomic E-state index is 0.0774. The van der Waals surface area contributed by atoms with E-state index in [9.17, 15) is 19.5 Å². The van der Waals surface area contributed by atoms with Crippen molar-refractivity contribution in [2.24, 2.45) is 0 Å². The van der Waals surface area contributed by atoms with Crippen molar-refractivity contribution in [3.8, 4) is 11.5 Å². The highest BCUT2D eigenvalue weighted by Gasteiger charge is 2.23. The quantitative estimate of drug-likeness (QED) is 0.444. The van der Waals surface area contributed by atoms with E-state index in [0.29, 0.717) is 28.4 Å². The van der Waals surface area contributed by atoms with Gasteiger partial charge in [-0.2, -0.15) is 11.8 Å². The second-order valence-electron chi connectivity index (χ2n) is 6.66. The summed E-state index contributed by atoms with van der Waals surface area (Å²) in [6, 6.07) is 12.2. The van der Waals surface area contributed by atoms with Crippen molar-refractivity contribution in [3.05, 3.63) is 65.4 Å². The fraction of sp³-hybridized carbons (Fsp3) is 0.261. The summed E-state index contributed by atoms with van der Waals surface area (Å²) in [5, 5.41) is 14.5. The second kappa shape index (κ2) is 12.4. The van der Waals surface area contributed by atoms with Crippen LogP contribution in [0.4, 0.5) is 0 Å². The Morgan fingerprint density at radius 3 is 2.06 bits per heavy atom. The number of carbonyl (C=O) groups excluding carboxylic acids is 2. The Balaban J connectivity index is 2.29. The van der Waals surface area contributed by atoms with Crippen molar-refractivity contribution >= 4 is 35.6 Å². The Morgan fingerprint density at radius 2 is 1.56 bits per heavy atom. The molecule has 0 spiro atoms. The minimum Gasteiger partial charge on any atom is -0.497 e. The summed E-state index contributed by atoms with van der Waals surface area (Å²) in [4.78, 5) is 37.2. The van der Waals surface area contributed by atoms with Crippen LogP contribution in [-0.2, 0) is 9.59 Å². The summed E-state index contributed by atoms with van der Waals surface area (Å²) in [5.74, 6) is -0.565. The van der Waals surface area contributed by atoms with Crippen LogP contribution in [0.2, 0.25) is 0 Å². The number of amides is 2. The molecule has 32 heavy (non-hydrogen) atoms. The van der Waals surface area contributed by atoms with Crippen LogP contribution in [-0.4, -0.2) is 55.2 Å². The lowest BCUT2D eigenvalue weighted by Gasteiger charge is -2.16. The lowest BCUT2D eigenvalue weighted by molar-refractivity contribution is -0.141. The molecule has 9 heteroatoms. The number of rotatable bonds is 11. The van der Waals surface area contributed by atoms with Gasteiger partial charge in [0.25, 0.3) is 11.8 Å². The molecule has 2 aromatic rings. The molecule has 8 nitrogen and oxygen atoms in total. The first-order chi connectivity index (χ1) is 15.4. The highest BCUT2D eigenvalue weighted by molar-refractivity contribution is 7.98. The highest BCUT2D eigenvalue weighted by atomic mass is 32.2. The third-order valence-electron chi connectivity index (χ3n) is 4.49. The van der Waals surface area contributed by atoms with Gasteiger partial charge in [0.2, 0.25) is 0 Å². The minimum atomic E-state index is -1.14. The van der Waals surface area contributed by atoms with E-state index >= 15 is 0 Å². The second-order valence-corrected chi connectivity index (χ2v) is 7.65. The molecule has 0 aliphatic carbocycles. The van der Waals surface area contributed by atoms with E-state index in [0.717, 1.165) is 0 Å². The Hall–Kier alpha value is -3.46. The number of nitrogens with one attached hydrogen (secondary N) is 2. The summed E-state index contributed by atoms with van der Waals surface area (Å²) in [6.07, 6.45) is 3.58. The maximum Gasteiger partial charge on any atom is 0.326 e. The van der Waals surface area contributed by atoms with Crippen LogP contribution in [0.1, 0.15) is 22.3 Å². The Morgan fingerprint density at radius 1 is 1.00 bits per heavy atom. The lowest BCUT2D eigenvalue weighted by atomic mass is 10.1. The number of carboxylic acid groups (broad SMARTS) is 1. The van der Waals surface area contributed by atoms with Crippen molar-refractivity contribution in [2.75, 3.05) is 26.2 Å². The number of thioether (sulfide) groups is 1. The topological polar surface area (TPSA) is 114 Å². The summed E-state index contributed by atoms with van der Waals surface area (Å²) in [6.45, 7) is 0. The molecule has 2 rings (SSSR count). The SMILES string of the molecule is COc1ccc(/C=C(/NC(=O)c2ccc(OC)cc2)C(=O)N[C@H](CCSC)C(=O)O)cc1. The normalized spacial score (nSPS) is 11.9. The van der Waals surface area contributed by atoms with Crippen molar-refractivity contribution in [1.29, 1.82) is 0 Å². The van der Waals surface area contributed by atoms with Crippen molar-refractivity contribution < 1.29 is 29.0 Å². The monoisotopic (exact) mass is 458 g/mol. The highest BCUT2D eigenvalue weighted by Crippen LogP contribution is 2.15. The molecule has 0 saturated heterocycles. The molecule has 0 fully saturated rings. The van der Waals surface area contributed by atoms with Gasteiger partial charge in [-0.05, 0) is 66.5 Å². The van der Waals surface area contributed by atoms with Crippen molar-refractivity contribution in [1.82, 2.24) is 10.6 Å².